The molecule has 2 heterocycles. The van der Waals surface area contributed by atoms with E-state index in [1.165, 1.54) is 5.69 Å². The second-order valence-corrected chi connectivity index (χ2v) is 10.1. The predicted molar refractivity (Wildman–Crippen MR) is 131 cm³/mol. The largest absolute Gasteiger partial charge is 0.479 e. The first-order chi connectivity index (χ1) is 15.0. The smallest absolute Gasteiger partial charge is 0.337 e. The highest BCUT2D eigenvalue weighted by molar-refractivity contribution is 6.30. The van der Waals surface area contributed by atoms with Gasteiger partial charge in [0.2, 0.25) is 0 Å². The third kappa shape index (κ3) is 3.89. The lowest BCUT2D eigenvalue weighted by Crippen LogP contribution is -2.29. The third-order valence-electron chi connectivity index (χ3n) is 6.17. The van der Waals surface area contributed by atoms with Gasteiger partial charge in [0, 0.05) is 41.8 Å². The topological polar surface area (TPSA) is 54.7 Å². The molecule has 0 aliphatic carbocycles. The van der Waals surface area contributed by atoms with Gasteiger partial charge in [0.05, 0.1) is 16.8 Å². The maximum atomic E-state index is 12.6. The summed E-state index contributed by atoms with van der Waals surface area (Å²) in [5.74, 6) is -0.989. The van der Waals surface area contributed by atoms with Crippen LogP contribution in [0.2, 0.25) is 5.02 Å². The number of nitrogens with zero attached hydrogens (tertiary/aromatic N) is 2. The molecule has 4 rings (SSSR count). The van der Waals surface area contributed by atoms with Crippen LogP contribution in [0.15, 0.2) is 30.3 Å². The fraction of sp³-hybridized carbons (Fsp3) is 0.423. The first kappa shape index (κ1) is 22.7. The van der Waals surface area contributed by atoms with E-state index in [4.69, 9.17) is 16.3 Å². The molecule has 0 fully saturated rings. The minimum Gasteiger partial charge on any atom is -0.479 e. The van der Waals surface area contributed by atoms with Crippen LogP contribution in [-0.2, 0) is 16.1 Å². The summed E-state index contributed by atoms with van der Waals surface area (Å²) in [7, 11) is 2.09. The van der Waals surface area contributed by atoms with E-state index in [1.54, 1.807) is 0 Å². The number of carbonyl (C=O) groups is 1. The molecule has 0 saturated heterocycles. The lowest BCUT2D eigenvalue weighted by Gasteiger charge is -2.31. The molecule has 3 aromatic rings. The van der Waals surface area contributed by atoms with Crippen LogP contribution in [0.3, 0.4) is 0 Å². The van der Waals surface area contributed by atoms with E-state index >= 15 is 0 Å². The molecule has 1 atom stereocenters. The Morgan fingerprint density at radius 2 is 1.81 bits per heavy atom. The van der Waals surface area contributed by atoms with E-state index in [0.717, 1.165) is 52.8 Å². The summed E-state index contributed by atoms with van der Waals surface area (Å²) in [6.45, 7) is 11.7. The molecular weight excluding hydrogens is 424 g/mol. The number of benzene rings is 2. The molecule has 2 aromatic carbocycles. The average molecular weight is 455 g/mol. The van der Waals surface area contributed by atoms with Crippen molar-refractivity contribution in [1.82, 2.24) is 4.57 Å². The monoisotopic (exact) mass is 454 g/mol. The number of halogens is 1. The van der Waals surface area contributed by atoms with E-state index in [2.05, 4.69) is 29.5 Å². The van der Waals surface area contributed by atoms with E-state index in [-0.39, 0.29) is 0 Å². The Hall–Kier alpha value is -2.50. The standard InChI is InChI=1S/C26H31ClN2O3/c1-15-14-19-21(17-8-10-18(27)11-9-17)20(24(25(30)31)32-26(3,4)5)16(2)22-23(19)29(15)13-7-12-28(22)6/h8-11,14,24H,7,12-13H2,1-6H3,(H,30,31)/t24-/m0/s1. The Bertz CT molecular complexity index is 1190. The SMILES string of the molecule is Cc1c([C@H](OC(C)(C)C)C(=O)O)c(-c2ccc(Cl)cc2)c2cc(C)n3c2c1N(C)CCC3. The summed E-state index contributed by atoms with van der Waals surface area (Å²) in [5.41, 5.74) is 6.30. The van der Waals surface area contributed by atoms with Crippen molar-refractivity contribution in [3.8, 4) is 11.1 Å². The van der Waals surface area contributed by atoms with E-state index in [9.17, 15) is 9.90 Å². The highest BCUT2D eigenvalue weighted by atomic mass is 35.5. The highest BCUT2D eigenvalue weighted by Gasteiger charge is 2.35. The molecule has 0 saturated carbocycles. The maximum absolute atomic E-state index is 12.6. The van der Waals surface area contributed by atoms with E-state index in [1.807, 2.05) is 52.0 Å². The van der Waals surface area contributed by atoms with Crippen LogP contribution in [-0.4, -0.2) is 34.8 Å². The number of aliphatic carboxylic acids is 1. The van der Waals surface area contributed by atoms with Gasteiger partial charge in [-0.1, -0.05) is 23.7 Å². The maximum Gasteiger partial charge on any atom is 0.337 e. The summed E-state index contributed by atoms with van der Waals surface area (Å²) >= 11 is 6.19. The number of hydrogen-bond acceptors (Lipinski definition) is 3. The molecule has 170 valence electrons. The third-order valence-corrected chi connectivity index (χ3v) is 6.43. The van der Waals surface area contributed by atoms with Gasteiger partial charge in [-0.25, -0.2) is 4.79 Å². The summed E-state index contributed by atoms with van der Waals surface area (Å²) in [6, 6.07) is 9.81. The van der Waals surface area contributed by atoms with Crippen molar-refractivity contribution < 1.29 is 14.6 Å². The molecule has 0 spiro atoms. The fourth-order valence-corrected chi connectivity index (χ4v) is 5.06. The first-order valence-electron chi connectivity index (χ1n) is 11.0. The van der Waals surface area contributed by atoms with Crippen molar-refractivity contribution >= 4 is 34.2 Å². The Kier molecular flexibility index (Phi) is 5.76. The van der Waals surface area contributed by atoms with Crippen LogP contribution < -0.4 is 4.90 Å². The zero-order valence-corrected chi connectivity index (χ0v) is 20.4. The van der Waals surface area contributed by atoms with Gasteiger partial charge in [-0.2, -0.15) is 0 Å². The lowest BCUT2D eigenvalue weighted by molar-refractivity contribution is -0.160. The normalized spacial score (nSPS) is 15.2. The Balaban J connectivity index is 2.17. The van der Waals surface area contributed by atoms with E-state index < -0.39 is 17.7 Å². The minimum absolute atomic E-state index is 0.621. The molecule has 0 bridgehead atoms. The second-order valence-electron chi connectivity index (χ2n) is 9.69. The summed E-state index contributed by atoms with van der Waals surface area (Å²) in [4.78, 5) is 14.8. The molecule has 6 heteroatoms. The van der Waals surface area contributed by atoms with Crippen LogP contribution >= 0.6 is 11.6 Å². The summed E-state index contributed by atoms with van der Waals surface area (Å²) in [6.07, 6.45) is -0.0662. The van der Waals surface area contributed by atoms with Gasteiger partial charge in [-0.05, 0) is 75.9 Å². The van der Waals surface area contributed by atoms with Gasteiger partial charge in [-0.3, -0.25) is 0 Å². The number of ether oxygens (including phenoxy) is 1. The summed E-state index contributed by atoms with van der Waals surface area (Å²) in [5, 5.41) is 12.0. The Labute approximate surface area is 194 Å². The zero-order chi connectivity index (χ0) is 23.4. The Morgan fingerprint density at radius 1 is 1.16 bits per heavy atom. The molecule has 0 radical (unpaired) electrons. The zero-order valence-electron chi connectivity index (χ0n) is 19.6. The number of anilines is 1. The van der Waals surface area contributed by atoms with Gasteiger partial charge < -0.3 is 19.3 Å². The van der Waals surface area contributed by atoms with E-state index in [0.29, 0.717) is 10.6 Å². The van der Waals surface area contributed by atoms with Crippen LogP contribution in [0.1, 0.15) is 50.1 Å². The molecule has 5 nitrogen and oxygen atoms in total. The average Bonchev–Trinajstić information content (AvgIpc) is 2.89. The van der Waals surface area contributed by atoms with Crippen molar-refractivity contribution in [3.63, 3.8) is 0 Å². The predicted octanol–water partition coefficient (Wildman–Crippen LogP) is 6.36. The van der Waals surface area contributed by atoms with Crippen LogP contribution in [0.25, 0.3) is 22.0 Å². The van der Waals surface area contributed by atoms with Gasteiger partial charge in [0.1, 0.15) is 0 Å². The number of aryl methyl sites for hydroxylation is 2. The molecule has 1 aliphatic rings. The van der Waals surface area contributed by atoms with Crippen molar-refractivity contribution in [2.75, 3.05) is 18.5 Å². The molecule has 1 N–H and O–H groups in total. The number of hydrogen-bond donors (Lipinski definition) is 1. The number of rotatable bonds is 4. The van der Waals surface area contributed by atoms with Crippen LogP contribution in [0.5, 0.6) is 0 Å². The van der Waals surface area contributed by atoms with Gasteiger partial charge in [-0.15, -0.1) is 0 Å². The fourth-order valence-electron chi connectivity index (χ4n) is 4.94. The molecule has 32 heavy (non-hydrogen) atoms. The molecule has 0 amide bonds. The van der Waals surface area contributed by atoms with Crippen molar-refractivity contribution in [1.29, 1.82) is 0 Å². The first-order valence-corrected chi connectivity index (χ1v) is 11.4. The van der Waals surface area contributed by atoms with Gasteiger partial charge in [0.25, 0.3) is 0 Å². The Morgan fingerprint density at radius 3 is 2.41 bits per heavy atom. The van der Waals surface area contributed by atoms with Crippen LogP contribution in [0, 0.1) is 13.8 Å². The van der Waals surface area contributed by atoms with Gasteiger partial charge >= 0.3 is 5.97 Å². The molecule has 1 aromatic heterocycles. The van der Waals surface area contributed by atoms with Crippen molar-refractivity contribution in [2.45, 2.75) is 59.3 Å². The molecular formula is C26H31ClN2O3. The summed E-state index contributed by atoms with van der Waals surface area (Å²) < 4.78 is 8.54. The van der Waals surface area contributed by atoms with Crippen molar-refractivity contribution in [2.24, 2.45) is 0 Å². The number of carboxylic acid groups (broad SMARTS) is 1. The number of carboxylic acids is 1. The molecule has 1 aliphatic heterocycles. The van der Waals surface area contributed by atoms with Crippen molar-refractivity contribution in [3.05, 3.63) is 52.2 Å². The quantitative estimate of drug-likeness (QED) is 0.498. The second kappa shape index (κ2) is 8.13. The minimum atomic E-state index is -1.10. The van der Waals surface area contributed by atoms with Gasteiger partial charge in [0.15, 0.2) is 6.10 Å². The van der Waals surface area contributed by atoms with Crippen LogP contribution in [0.4, 0.5) is 5.69 Å². The number of aromatic nitrogens is 1. The highest BCUT2D eigenvalue weighted by Crippen LogP contribution is 2.47. The molecule has 0 unspecified atom stereocenters. The lowest BCUT2D eigenvalue weighted by atomic mass is 9.87.